The first-order valence-electron chi connectivity index (χ1n) is 8.56. The third-order valence-electron chi connectivity index (χ3n) is 4.98. The van der Waals surface area contributed by atoms with Crippen LogP contribution in [0.5, 0.6) is 11.5 Å². The fraction of sp³-hybridized carbons (Fsp3) is 0.611. The first kappa shape index (κ1) is 17.4. The maximum absolute atomic E-state index is 12.2. The van der Waals surface area contributed by atoms with Gasteiger partial charge in [0.2, 0.25) is 5.91 Å². The van der Waals surface area contributed by atoms with Crippen molar-refractivity contribution in [3.63, 3.8) is 0 Å². The van der Waals surface area contributed by atoms with Crippen LogP contribution in [0.1, 0.15) is 25.7 Å². The second-order valence-electron chi connectivity index (χ2n) is 6.70. The van der Waals surface area contributed by atoms with Gasteiger partial charge in [-0.3, -0.25) is 4.79 Å². The number of carbonyl (C=O) groups is 1. The Morgan fingerprint density at radius 1 is 1.21 bits per heavy atom. The lowest BCUT2D eigenvalue weighted by molar-refractivity contribution is -0.119. The molecule has 0 atom stereocenters. The lowest BCUT2D eigenvalue weighted by Gasteiger charge is -2.36. The molecular weight excluding hydrogens is 324 g/mol. The number of hydrogen-bond donors (Lipinski definition) is 1. The highest BCUT2D eigenvalue weighted by atomic mass is 32.2. The Bertz CT molecular complexity index is 586. The smallest absolute Gasteiger partial charge is 0.230 e. The number of nitrogens with one attached hydrogen (secondary N) is 1. The van der Waals surface area contributed by atoms with Crippen LogP contribution in [0.4, 0.5) is 0 Å². The van der Waals surface area contributed by atoms with E-state index in [1.54, 1.807) is 0 Å². The molecule has 0 radical (unpaired) electrons. The Morgan fingerprint density at radius 2 is 1.92 bits per heavy atom. The Hall–Kier alpha value is -1.40. The molecule has 1 heterocycles. The van der Waals surface area contributed by atoms with Crippen LogP contribution >= 0.6 is 11.8 Å². The number of fused-ring (bicyclic) bond motifs is 1. The van der Waals surface area contributed by atoms with E-state index in [9.17, 15) is 4.79 Å². The number of ether oxygens (including phenoxy) is 2. The number of amides is 1. The predicted molar refractivity (Wildman–Crippen MR) is 96.1 cm³/mol. The maximum Gasteiger partial charge on any atom is 0.230 e. The highest BCUT2D eigenvalue weighted by Gasteiger charge is 2.36. The van der Waals surface area contributed by atoms with E-state index in [0.717, 1.165) is 35.8 Å². The Morgan fingerprint density at radius 3 is 2.62 bits per heavy atom. The van der Waals surface area contributed by atoms with E-state index >= 15 is 0 Å². The molecule has 1 N–H and O–H groups in total. The standard InChI is InChI=1S/C18H26N2O3S/c1-20(2)18(7-3-4-8-18)13-19-17(21)12-24-14-5-6-15-16(11-14)23-10-9-22-15/h5-6,11H,3-4,7-10,12-13H2,1-2H3,(H,19,21). The SMILES string of the molecule is CN(C)C1(CNC(=O)CSc2ccc3c(c2)OCCO3)CCCC1. The fourth-order valence-electron chi connectivity index (χ4n) is 3.39. The first-order chi connectivity index (χ1) is 11.6. The minimum absolute atomic E-state index is 0.0861. The summed E-state index contributed by atoms with van der Waals surface area (Å²) < 4.78 is 11.1. The van der Waals surface area contributed by atoms with Crippen molar-refractivity contribution >= 4 is 17.7 Å². The number of rotatable bonds is 6. The second kappa shape index (κ2) is 7.66. The minimum atomic E-state index is 0.0861. The summed E-state index contributed by atoms with van der Waals surface area (Å²) in [5, 5.41) is 3.12. The summed E-state index contributed by atoms with van der Waals surface area (Å²) in [6, 6.07) is 5.84. The monoisotopic (exact) mass is 350 g/mol. The van der Waals surface area contributed by atoms with Crippen LogP contribution in [0, 0.1) is 0 Å². The number of hydrogen-bond acceptors (Lipinski definition) is 5. The molecule has 6 heteroatoms. The Kier molecular flexibility index (Phi) is 5.56. The van der Waals surface area contributed by atoms with Gasteiger partial charge in [0.1, 0.15) is 13.2 Å². The number of likely N-dealkylation sites (N-methyl/N-ethyl adjacent to an activating group) is 1. The van der Waals surface area contributed by atoms with E-state index < -0.39 is 0 Å². The zero-order valence-corrected chi connectivity index (χ0v) is 15.3. The van der Waals surface area contributed by atoms with Crippen LogP contribution < -0.4 is 14.8 Å². The van der Waals surface area contributed by atoms with Gasteiger partial charge in [-0.1, -0.05) is 12.8 Å². The fourth-order valence-corrected chi connectivity index (χ4v) is 4.15. The molecule has 1 aliphatic heterocycles. The van der Waals surface area contributed by atoms with Gasteiger partial charge in [0, 0.05) is 17.0 Å². The summed E-state index contributed by atoms with van der Waals surface area (Å²) in [7, 11) is 4.23. The summed E-state index contributed by atoms with van der Waals surface area (Å²) in [6.45, 7) is 1.91. The minimum Gasteiger partial charge on any atom is -0.486 e. The van der Waals surface area contributed by atoms with Crippen molar-refractivity contribution in [2.45, 2.75) is 36.1 Å². The van der Waals surface area contributed by atoms with E-state index in [1.165, 1.54) is 24.6 Å². The zero-order valence-electron chi connectivity index (χ0n) is 14.5. The Labute approximate surface area is 148 Å². The van der Waals surface area contributed by atoms with Crippen LogP contribution in [-0.4, -0.2) is 56.0 Å². The van der Waals surface area contributed by atoms with E-state index in [1.807, 2.05) is 18.2 Å². The van der Waals surface area contributed by atoms with Gasteiger partial charge >= 0.3 is 0 Å². The summed E-state index contributed by atoms with van der Waals surface area (Å²) >= 11 is 1.53. The highest BCUT2D eigenvalue weighted by Crippen LogP contribution is 2.35. The second-order valence-corrected chi connectivity index (χ2v) is 7.75. The van der Waals surface area contributed by atoms with Crippen LogP contribution in [0.25, 0.3) is 0 Å². The zero-order chi connectivity index (χ0) is 17.0. The van der Waals surface area contributed by atoms with E-state index in [4.69, 9.17) is 9.47 Å². The average molecular weight is 350 g/mol. The van der Waals surface area contributed by atoms with E-state index in [0.29, 0.717) is 19.0 Å². The lowest BCUT2D eigenvalue weighted by atomic mass is 9.96. The quantitative estimate of drug-likeness (QED) is 0.799. The third kappa shape index (κ3) is 3.98. The van der Waals surface area contributed by atoms with Crippen molar-refractivity contribution in [3.05, 3.63) is 18.2 Å². The molecule has 2 aliphatic rings. The molecule has 0 bridgehead atoms. The molecule has 0 spiro atoms. The van der Waals surface area contributed by atoms with Gasteiger partial charge in [0.25, 0.3) is 0 Å². The summed E-state index contributed by atoms with van der Waals surface area (Å²) in [4.78, 5) is 15.5. The topological polar surface area (TPSA) is 50.8 Å². The molecule has 1 fully saturated rings. The molecule has 24 heavy (non-hydrogen) atoms. The summed E-state index contributed by atoms with van der Waals surface area (Å²) in [6.07, 6.45) is 4.82. The van der Waals surface area contributed by atoms with E-state index in [-0.39, 0.29) is 11.4 Å². The van der Waals surface area contributed by atoms with Gasteiger partial charge in [-0.2, -0.15) is 0 Å². The molecule has 1 aliphatic carbocycles. The van der Waals surface area contributed by atoms with E-state index in [2.05, 4.69) is 24.3 Å². The average Bonchev–Trinajstić information content (AvgIpc) is 3.08. The molecule has 1 saturated carbocycles. The van der Waals surface area contributed by atoms with Crippen molar-refractivity contribution < 1.29 is 14.3 Å². The Balaban J connectivity index is 1.49. The first-order valence-corrected chi connectivity index (χ1v) is 9.54. The van der Waals surface area contributed by atoms with Crippen LogP contribution in [-0.2, 0) is 4.79 Å². The van der Waals surface area contributed by atoms with Gasteiger partial charge < -0.3 is 19.7 Å². The number of thioether (sulfide) groups is 1. The molecule has 1 aromatic rings. The molecule has 0 aromatic heterocycles. The van der Waals surface area contributed by atoms with Gasteiger partial charge in [-0.05, 0) is 45.1 Å². The van der Waals surface area contributed by atoms with Crippen LogP contribution in [0.3, 0.4) is 0 Å². The molecule has 5 nitrogen and oxygen atoms in total. The third-order valence-corrected chi connectivity index (χ3v) is 5.97. The van der Waals surface area contributed by atoms with Gasteiger partial charge in [-0.15, -0.1) is 11.8 Å². The van der Waals surface area contributed by atoms with Crippen molar-refractivity contribution in [3.8, 4) is 11.5 Å². The van der Waals surface area contributed by atoms with Crippen molar-refractivity contribution in [1.29, 1.82) is 0 Å². The summed E-state index contributed by atoms with van der Waals surface area (Å²) in [5.41, 5.74) is 0.136. The molecule has 1 amide bonds. The van der Waals surface area contributed by atoms with Crippen LogP contribution in [0.2, 0.25) is 0 Å². The molecule has 0 unspecified atom stereocenters. The molecule has 0 saturated heterocycles. The van der Waals surface area contributed by atoms with Gasteiger partial charge in [0.05, 0.1) is 5.75 Å². The molecule has 1 aromatic carbocycles. The molecule has 3 rings (SSSR count). The molecule has 132 valence electrons. The normalized spacial score (nSPS) is 18.6. The van der Waals surface area contributed by atoms with Crippen molar-refractivity contribution in [1.82, 2.24) is 10.2 Å². The highest BCUT2D eigenvalue weighted by molar-refractivity contribution is 8.00. The van der Waals surface area contributed by atoms with Crippen LogP contribution in [0.15, 0.2) is 23.1 Å². The lowest BCUT2D eigenvalue weighted by Crippen LogP contribution is -2.51. The number of benzene rings is 1. The maximum atomic E-state index is 12.2. The molecular formula is C18H26N2O3S. The predicted octanol–water partition coefficient (Wildman–Crippen LogP) is 2.54. The van der Waals surface area contributed by atoms with Crippen molar-refractivity contribution in [2.75, 3.05) is 39.6 Å². The largest absolute Gasteiger partial charge is 0.486 e. The number of nitrogens with zero attached hydrogens (tertiary/aromatic N) is 1. The van der Waals surface area contributed by atoms with Crippen molar-refractivity contribution in [2.24, 2.45) is 0 Å². The van der Waals surface area contributed by atoms with Gasteiger partial charge in [-0.25, -0.2) is 0 Å². The van der Waals surface area contributed by atoms with Gasteiger partial charge in [0.15, 0.2) is 11.5 Å². The number of carbonyl (C=O) groups excluding carboxylic acids is 1. The summed E-state index contributed by atoms with van der Waals surface area (Å²) in [5.74, 6) is 2.06.